The van der Waals surface area contributed by atoms with Gasteiger partial charge < -0.3 is 10.3 Å². The number of hydrogen-bond donors (Lipinski definition) is 2. The maximum absolute atomic E-state index is 4.47. The number of hydrogen-bond acceptors (Lipinski definition) is 2. The molecule has 1 aromatic heterocycles. The number of aromatic nitrogens is 2. The molecule has 0 radical (unpaired) electrons. The molecule has 0 amide bonds. The van der Waals surface area contributed by atoms with Crippen molar-refractivity contribution in [3.8, 4) is 0 Å². The van der Waals surface area contributed by atoms with Crippen molar-refractivity contribution in [3.63, 3.8) is 0 Å². The zero-order valence-corrected chi connectivity index (χ0v) is 9.77. The Hall–Kier alpha value is -0.830. The highest BCUT2D eigenvalue weighted by atomic mass is 15.1. The molecule has 1 aliphatic heterocycles. The molecule has 0 bridgehead atoms. The van der Waals surface area contributed by atoms with Gasteiger partial charge in [-0.15, -0.1) is 0 Å². The molecule has 15 heavy (non-hydrogen) atoms. The highest BCUT2D eigenvalue weighted by Gasteiger charge is 2.33. The summed E-state index contributed by atoms with van der Waals surface area (Å²) in [4.78, 5) is 7.72. The molecule has 1 aliphatic rings. The second-order valence-corrected chi connectivity index (χ2v) is 4.70. The van der Waals surface area contributed by atoms with Crippen LogP contribution in [0.25, 0.3) is 0 Å². The average molecular weight is 207 g/mol. The van der Waals surface area contributed by atoms with Crippen LogP contribution >= 0.6 is 0 Å². The minimum atomic E-state index is 0.1000. The van der Waals surface area contributed by atoms with Crippen molar-refractivity contribution in [2.75, 3.05) is 6.54 Å². The fourth-order valence-electron chi connectivity index (χ4n) is 2.47. The molecule has 2 rings (SSSR count). The third-order valence-electron chi connectivity index (χ3n) is 3.41. The molecule has 0 saturated heterocycles. The van der Waals surface area contributed by atoms with E-state index < -0.39 is 0 Å². The lowest BCUT2D eigenvalue weighted by atomic mass is 9.86. The van der Waals surface area contributed by atoms with E-state index in [0.717, 1.165) is 13.0 Å². The van der Waals surface area contributed by atoms with E-state index in [1.165, 1.54) is 37.1 Å². The molecule has 84 valence electrons. The van der Waals surface area contributed by atoms with Crippen LogP contribution in [0, 0.1) is 0 Å². The Morgan fingerprint density at radius 2 is 2.33 bits per heavy atom. The van der Waals surface area contributed by atoms with Gasteiger partial charge in [-0.25, -0.2) is 4.98 Å². The topological polar surface area (TPSA) is 40.7 Å². The highest BCUT2D eigenvalue weighted by Crippen LogP contribution is 2.30. The van der Waals surface area contributed by atoms with Crippen LogP contribution in [-0.4, -0.2) is 16.5 Å². The van der Waals surface area contributed by atoms with Gasteiger partial charge in [-0.3, -0.25) is 0 Å². The van der Waals surface area contributed by atoms with Gasteiger partial charge in [0.25, 0.3) is 0 Å². The standard InChI is InChI=1S/C12H21N3/c1-3-4-5-7-12(2)11-10(6-8-15-12)13-9-14-11/h9,15H,3-8H2,1-2H3,(H,13,14). The number of H-pyrrole nitrogens is 1. The van der Waals surface area contributed by atoms with Crippen molar-refractivity contribution in [3.05, 3.63) is 17.7 Å². The lowest BCUT2D eigenvalue weighted by Crippen LogP contribution is -2.45. The summed E-state index contributed by atoms with van der Waals surface area (Å²) in [5.74, 6) is 0. The van der Waals surface area contributed by atoms with Gasteiger partial charge in [-0.2, -0.15) is 0 Å². The first kappa shape index (κ1) is 10.7. The molecule has 3 nitrogen and oxygen atoms in total. The van der Waals surface area contributed by atoms with E-state index in [1.807, 2.05) is 6.33 Å². The fourth-order valence-corrected chi connectivity index (χ4v) is 2.47. The summed E-state index contributed by atoms with van der Waals surface area (Å²) in [6.45, 7) is 5.59. The zero-order valence-electron chi connectivity index (χ0n) is 9.77. The summed E-state index contributed by atoms with van der Waals surface area (Å²) in [6, 6.07) is 0. The van der Waals surface area contributed by atoms with Crippen LogP contribution in [0.15, 0.2) is 6.33 Å². The number of imidazole rings is 1. The minimum absolute atomic E-state index is 0.1000. The van der Waals surface area contributed by atoms with E-state index in [0.29, 0.717) is 0 Å². The minimum Gasteiger partial charge on any atom is -0.348 e. The van der Waals surface area contributed by atoms with Crippen LogP contribution in [0.5, 0.6) is 0 Å². The van der Waals surface area contributed by atoms with Gasteiger partial charge in [0, 0.05) is 18.7 Å². The van der Waals surface area contributed by atoms with E-state index in [4.69, 9.17) is 0 Å². The highest BCUT2D eigenvalue weighted by molar-refractivity contribution is 5.24. The summed E-state index contributed by atoms with van der Waals surface area (Å²) in [5, 5.41) is 3.61. The number of nitrogens with zero attached hydrogens (tertiary/aromatic N) is 1. The zero-order chi connectivity index (χ0) is 10.7. The first-order valence-corrected chi connectivity index (χ1v) is 6.04. The molecule has 2 N–H and O–H groups in total. The molecule has 1 aromatic rings. The Kier molecular flexibility index (Phi) is 3.10. The van der Waals surface area contributed by atoms with E-state index in [1.54, 1.807) is 0 Å². The van der Waals surface area contributed by atoms with Gasteiger partial charge in [-0.05, 0) is 13.3 Å². The molecule has 0 fully saturated rings. The van der Waals surface area contributed by atoms with E-state index in [2.05, 4.69) is 29.1 Å². The molecule has 1 atom stereocenters. The van der Waals surface area contributed by atoms with Gasteiger partial charge in [0.05, 0.1) is 17.6 Å². The van der Waals surface area contributed by atoms with Crippen LogP contribution in [0.2, 0.25) is 0 Å². The molecular weight excluding hydrogens is 186 g/mol. The number of rotatable bonds is 4. The molecule has 1 unspecified atom stereocenters. The molecule has 0 saturated carbocycles. The molecule has 0 aromatic carbocycles. The predicted molar refractivity (Wildman–Crippen MR) is 61.8 cm³/mol. The molecule has 0 aliphatic carbocycles. The van der Waals surface area contributed by atoms with Gasteiger partial charge >= 0.3 is 0 Å². The summed E-state index contributed by atoms with van der Waals surface area (Å²) < 4.78 is 0. The van der Waals surface area contributed by atoms with Gasteiger partial charge in [-0.1, -0.05) is 26.2 Å². The van der Waals surface area contributed by atoms with Gasteiger partial charge in [0.1, 0.15) is 0 Å². The van der Waals surface area contributed by atoms with Crippen LogP contribution in [0.3, 0.4) is 0 Å². The predicted octanol–water partition coefficient (Wildman–Crippen LogP) is 2.35. The molecular formula is C12H21N3. The number of unbranched alkanes of at least 4 members (excludes halogenated alkanes) is 2. The van der Waals surface area contributed by atoms with Crippen molar-refractivity contribution in [1.29, 1.82) is 0 Å². The third-order valence-corrected chi connectivity index (χ3v) is 3.41. The first-order chi connectivity index (χ1) is 7.26. The van der Waals surface area contributed by atoms with Crippen LogP contribution in [-0.2, 0) is 12.0 Å². The quantitative estimate of drug-likeness (QED) is 0.744. The van der Waals surface area contributed by atoms with Crippen LogP contribution < -0.4 is 5.32 Å². The SMILES string of the molecule is CCCCCC1(C)NCCc2[nH]cnc21. The maximum Gasteiger partial charge on any atom is 0.0926 e. The summed E-state index contributed by atoms with van der Waals surface area (Å²) in [6.07, 6.45) is 7.99. The molecule has 2 heterocycles. The normalized spacial score (nSPS) is 25.2. The molecule has 0 spiro atoms. The van der Waals surface area contributed by atoms with Gasteiger partial charge in [0.2, 0.25) is 0 Å². The lowest BCUT2D eigenvalue weighted by molar-refractivity contribution is 0.303. The summed E-state index contributed by atoms with van der Waals surface area (Å²) >= 11 is 0. The smallest absolute Gasteiger partial charge is 0.0926 e. The Morgan fingerprint density at radius 1 is 1.47 bits per heavy atom. The Labute approximate surface area is 91.7 Å². The van der Waals surface area contributed by atoms with Crippen molar-refractivity contribution < 1.29 is 0 Å². The Morgan fingerprint density at radius 3 is 3.13 bits per heavy atom. The van der Waals surface area contributed by atoms with E-state index >= 15 is 0 Å². The first-order valence-electron chi connectivity index (χ1n) is 6.04. The monoisotopic (exact) mass is 207 g/mol. The van der Waals surface area contributed by atoms with Crippen molar-refractivity contribution in [2.45, 2.75) is 51.5 Å². The summed E-state index contributed by atoms with van der Waals surface area (Å²) in [7, 11) is 0. The van der Waals surface area contributed by atoms with Crippen molar-refractivity contribution in [2.24, 2.45) is 0 Å². The van der Waals surface area contributed by atoms with Crippen LogP contribution in [0.4, 0.5) is 0 Å². The van der Waals surface area contributed by atoms with Gasteiger partial charge in [0.15, 0.2) is 0 Å². The average Bonchev–Trinajstić information content (AvgIpc) is 2.68. The number of fused-ring (bicyclic) bond motifs is 1. The second-order valence-electron chi connectivity index (χ2n) is 4.70. The number of aromatic amines is 1. The van der Waals surface area contributed by atoms with Crippen molar-refractivity contribution >= 4 is 0 Å². The number of nitrogens with one attached hydrogen (secondary N) is 2. The molecule has 3 heteroatoms. The largest absolute Gasteiger partial charge is 0.348 e. The maximum atomic E-state index is 4.47. The Balaban J connectivity index is 2.09. The fraction of sp³-hybridized carbons (Fsp3) is 0.750. The second kappa shape index (κ2) is 4.35. The summed E-state index contributed by atoms with van der Waals surface area (Å²) in [5.41, 5.74) is 2.67. The lowest BCUT2D eigenvalue weighted by Gasteiger charge is -2.34. The van der Waals surface area contributed by atoms with E-state index in [-0.39, 0.29) is 5.54 Å². The Bertz CT molecular complexity index is 318. The van der Waals surface area contributed by atoms with E-state index in [9.17, 15) is 0 Å². The third kappa shape index (κ3) is 2.07. The van der Waals surface area contributed by atoms with Crippen LogP contribution in [0.1, 0.15) is 50.9 Å². The van der Waals surface area contributed by atoms with Crippen molar-refractivity contribution in [1.82, 2.24) is 15.3 Å².